The van der Waals surface area contributed by atoms with Crippen LogP contribution in [-0.4, -0.2) is 24.4 Å². The molecular weight excluding hydrogens is 290 g/mol. The Hall–Kier alpha value is -2.67. The van der Waals surface area contributed by atoms with Crippen LogP contribution in [0.2, 0.25) is 0 Å². The number of aryl methyl sites for hydroxylation is 1. The summed E-state index contributed by atoms with van der Waals surface area (Å²) >= 11 is 0. The fraction of sp³-hybridized carbons (Fsp3) is 0.174. The molecule has 2 aliphatic rings. The lowest BCUT2D eigenvalue weighted by Gasteiger charge is -2.26. The molecule has 2 aliphatic carbocycles. The van der Waals surface area contributed by atoms with Crippen LogP contribution in [0.5, 0.6) is 0 Å². The van der Waals surface area contributed by atoms with Crippen molar-refractivity contribution >= 4 is 11.3 Å². The lowest BCUT2D eigenvalue weighted by Crippen LogP contribution is -2.16. The van der Waals surface area contributed by atoms with Crippen LogP contribution in [-0.2, 0) is 6.42 Å². The summed E-state index contributed by atoms with van der Waals surface area (Å²) in [5.74, 6) is 0. The third-order valence-corrected chi connectivity index (χ3v) is 4.85. The molecule has 0 N–H and O–H groups in total. The highest BCUT2D eigenvalue weighted by Crippen LogP contribution is 2.40. The SMILES string of the molecule is Cc1ccc2c(c1)CC1=CC(=[N+](C)C)C=CC1=C2c1ccccc1. The van der Waals surface area contributed by atoms with Gasteiger partial charge in [0.05, 0.1) is 0 Å². The lowest BCUT2D eigenvalue weighted by atomic mass is 9.77. The molecule has 0 saturated heterocycles. The zero-order chi connectivity index (χ0) is 16.7. The van der Waals surface area contributed by atoms with Crippen LogP contribution in [0.15, 0.2) is 77.9 Å². The van der Waals surface area contributed by atoms with Gasteiger partial charge in [-0.25, -0.2) is 4.58 Å². The average Bonchev–Trinajstić information content (AvgIpc) is 2.59. The van der Waals surface area contributed by atoms with Crippen molar-refractivity contribution < 1.29 is 4.58 Å². The number of rotatable bonds is 1. The first-order valence-electron chi connectivity index (χ1n) is 8.46. The zero-order valence-electron chi connectivity index (χ0n) is 14.5. The van der Waals surface area contributed by atoms with E-state index in [4.69, 9.17) is 0 Å². The minimum atomic E-state index is 1.00. The van der Waals surface area contributed by atoms with Gasteiger partial charge in [0.2, 0.25) is 0 Å². The number of hydrogen-bond donors (Lipinski definition) is 0. The van der Waals surface area contributed by atoms with E-state index in [0.717, 1.165) is 6.42 Å². The Morgan fingerprint density at radius 1 is 0.917 bits per heavy atom. The lowest BCUT2D eigenvalue weighted by molar-refractivity contribution is -0.462. The molecule has 0 radical (unpaired) electrons. The van der Waals surface area contributed by atoms with Gasteiger partial charge in [-0.05, 0) is 52.8 Å². The van der Waals surface area contributed by atoms with Gasteiger partial charge in [-0.2, -0.15) is 0 Å². The zero-order valence-corrected chi connectivity index (χ0v) is 14.5. The van der Waals surface area contributed by atoms with E-state index in [1.54, 1.807) is 0 Å². The molecule has 1 nitrogen and oxygen atoms in total. The molecule has 24 heavy (non-hydrogen) atoms. The van der Waals surface area contributed by atoms with E-state index >= 15 is 0 Å². The van der Waals surface area contributed by atoms with Gasteiger partial charge < -0.3 is 0 Å². The van der Waals surface area contributed by atoms with Crippen molar-refractivity contribution in [3.05, 3.63) is 100 Å². The summed E-state index contributed by atoms with van der Waals surface area (Å²) in [6, 6.07) is 17.6. The molecule has 2 aromatic carbocycles. The predicted molar refractivity (Wildman–Crippen MR) is 102 cm³/mol. The maximum atomic E-state index is 2.34. The normalized spacial score (nSPS) is 15.8. The second-order valence-corrected chi connectivity index (χ2v) is 6.81. The van der Waals surface area contributed by atoms with Crippen molar-refractivity contribution in [1.29, 1.82) is 0 Å². The highest BCUT2D eigenvalue weighted by atomic mass is 14.9. The fourth-order valence-corrected chi connectivity index (χ4v) is 3.63. The second-order valence-electron chi connectivity index (χ2n) is 6.81. The molecule has 0 fully saturated rings. The van der Waals surface area contributed by atoms with Gasteiger partial charge in [0.25, 0.3) is 0 Å². The highest BCUT2D eigenvalue weighted by molar-refractivity contribution is 6.06. The topological polar surface area (TPSA) is 3.01 Å². The number of nitrogens with zero attached hydrogens (tertiary/aromatic N) is 1. The molecule has 0 bridgehead atoms. The molecule has 118 valence electrons. The number of benzene rings is 2. The maximum absolute atomic E-state index is 2.34. The van der Waals surface area contributed by atoms with Gasteiger partial charge in [0.15, 0.2) is 5.71 Å². The Morgan fingerprint density at radius 3 is 2.46 bits per heavy atom. The van der Waals surface area contributed by atoms with E-state index in [1.807, 2.05) is 0 Å². The Labute approximate surface area is 144 Å². The van der Waals surface area contributed by atoms with Crippen LogP contribution in [0.25, 0.3) is 5.57 Å². The van der Waals surface area contributed by atoms with Crippen LogP contribution in [0.1, 0.15) is 22.3 Å². The molecule has 0 atom stereocenters. The first-order valence-corrected chi connectivity index (χ1v) is 8.46. The molecule has 0 saturated carbocycles. The van der Waals surface area contributed by atoms with Crippen molar-refractivity contribution in [2.24, 2.45) is 0 Å². The molecule has 2 aromatic rings. The van der Waals surface area contributed by atoms with E-state index in [1.165, 1.54) is 44.7 Å². The number of allylic oxidation sites excluding steroid dienone is 5. The van der Waals surface area contributed by atoms with E-state index in [-0.39, 0.29) is 0 Å². The van der Waals surface area contributed by atoms with Gasteiger partial charge in [0.1, 0.15) is 14.1 Å². The summed E-state index contributed by atoms with van der Waals surface area (Å²) in [5, 5.41) is 0. The van der Waals surface area contributed by atoms with Crippen molar-refractivity contribution in [2.75, 3.05) is 14.1 Å². The summed E-state index contributed by atoms with van der Waals surface area (Å²) in [6.45, 7) is 2.17. The molecule has 0 amide bonds. The van der Waals surface area contributed by atoms with E-state index in [9.17, 15) is 0 Å². The molecule has 0 unspecified atom stereocenters. The molecule has 1 heteroatoms. The van der Waals surface area contributed by atoms with E-state index in [0.29, 0.717) is 0 Å². The van der Waals surface area contributed by atoms with Crippen molar-refractivity contribution in [3.8, 4) is 0 Å². The van der Waals surface area contributed by atoms with Crippen LogP contribution < -0.4 is 0 Å². The summed E-state index contributed by atoms with van der Waals surface area (Å²) < 4.78 is 2.17. The van der Waals surface area contributed by atoms with Gasteiger partial charge >= 0.3 is 0 Å². The Kier molecular flexibility index (Phi) is 3.57. The quantitative estimate of drug-likeness (QED) is 0.679. The van der Waals surface area contributed by atoms with E-state index in [2.05, 4.69) is 92.4 Å². The predicted octanol–water partition coefficient (Wildman–Crippen LogP) is 4.56. The Balaban J connectivity index is 2.01. The van der Waals surface area contributed by atoms with E-state index < -0.39 is 0 Å². The van der Waals surface area contributed by atoms with Gasteiger partial charge in [-0.3, -0.25) is 0 Å². The molecule has 0 spiro atoms. The third-order valence-electron chi connectivity index (χ3n) is 4.85. The van der Waals surface area contributed by atoms with Gasteiger partial charge in [-0.15, -0.1) is 0 Å². The van der Waals surface area contributed by atoms with Crippen LogP contribution in [0.3, 0.4) is 0 Å². The smallest absolute Gasteiger partial charge is 0.199 e. The molecule has 0 aliphatic heterocycles. The Morgan fingerprint density at radius 2 is 1.71 bits per heavy atom. The largest absolute Gasteiger partial charge is 0.235 e. The fourth-order valence-electron chi connectivity index (χ4n) is 3.63. The van der Waals surface area contributed by atoms with Crippen molar-refractivity contribution in [3.63, 3.8) is 0 Å². The molecule has 0 aromatic heterocycles. The summed E-state index contributed by atoms with van der Waals surface area (Å²) in [6.07, 6.45) is 7.85. The van der Waals surface area contributed by atoms with Crippen LogP contribution >= 0.6 is 0 Å². The van der Waals surface area contributed by atoms with Gasteiger partial charge in [-0.1, -0.05) is 54.1 Å². The number of fused-ring (bicyclic) bond motifs is 2. The van der Waals surface area contributed by atoms with Crippen molar-refractivity contribution in [1.82, 2.24) is 0 Å². The minimum absolute atomic E-state index is 1.00. The monoisotopic (exact) mass is 312 g/mol. The minimum Gasteiger partial charge on any atom is -0.235 e. The van der Waals surface area contributed by atoms with Gasteiger partial charge in [0, 0.05) is 12.2 Å². The molecule has 4 rings (SSSR count). The third kappa shape index (κ3) is 2.46. The standard InChI is InChI=1S/C23H22N/c1-16-9-11-21-18(13-16)14-19-15-20(24(2)3)10-12-22(19)23(21)17-7-5-4-6-8-17/h4-13,15H,14H2,1-3H3/q+1. The van der Waals surface area contributed by atoms with Crippen LogP contribution in [0, 0.1) is 6.92 Å². The number of hydrogen-bond acceptors (Lipinski definition) is 0. The summed E-state index contributed by atoms with van der Waals surface area (Å²) in [4.78, 5) is 0. The van der Waals surface area contributed by atoms with Crippen molar-refractivity contribution in [2.45, 2.75) is 13.3 Å². The van der Waals surface area contributed by atoms with Crippen LogP contribution in [0.4, 0.5) is 0 Å². The first-order chi connectivity index (χ1) is 11.6. The first kappa shape index (κ1) is 14.9. The highest BCUT2D eigenvalue weighted by Gasteiger charge is 2.25. The summed E-state index contributed by atoms with van der Waals surface area (Å²) in [7, 11) is 4.20. The second kappa shape index (κ2) is 5.76. The summed E-state index contributed by atoms with van der Waals surface area (Å²) in [5.41, 5.74) is 10.8. The Bertz CT molecular complexity index is 933. The average molecular weight is 312 g/mol. The molecule has 0 heterocycles. The molecular formula is C23H22N+. The maximum Gasteiger partial charge on any atom is 0.199 e.